The Hall–Kier alpha value is -1.10. The largest absolute Gasteiger partial charge is 0.468 e. The number of hydrogen-bond acceptors (Lipinski definition) is 4. The molecule has 1 aliphatic rings. The lowest BCUT2D eigenvalue weighted by atomic mass is 10.2. The lowest BCUT2D eigenvalue weighted by Gasteiger charge is -2.31. The molecule has 1 fully saturated rings. The highest BCUT2D eigenvalue weighted by molar-refractivity contribution is 5.85. The van der Waals surface area contributed by atoms with Crippen molar-refractivity contribution in [2.24, 2.45) is 0 Å². The van der Waals surface area contributed by atoms with Crippen molar-refractivity contribution in [2.75, 3.05) is 13.7 Å². The van der Waals surface area contributed by atoms with Crippen molar-refractivity contribution in [3.63, 3.8) is 0 Å². The van der Waals surface area contributed by atoms with E-state index in [4.69, 9.17) is 0 Å². The summed E-state index contributed by atoms with van der Waals surface area (Å²) in [6.45, 7) is 6.09. The highest BCUT2D eigenvalue weighted by atomic mass is 16.5. The number of nitrogens with one attached hydrogen (secondary N) is 1. The molecule has 17 heavy (non-hydrogen) atoms. The van der Waals surface area contributed by atoms with Gasteiger partial charge in [0, 0.05) is 12.1 Å². The fourth-order valence-electron chi connectivity index (χ4n) is 2.49. The van der Waals surface area contributed by atoms with E-state index in [2.05, 4.69) is 28.8 Å². The van der Waals surface area contributed by atoms with E-state index in [-0.39, 0.29) is 18.5 Å². The standard InChI is InChI=1S/C12H22N2O3/c1-8-5-6-9(2)14(8)10(3)12(16)13-7-11(15)17-4/h8-10H,5-7H2,1-4H3,(H,13,16). The van der Waals surface area contributed by atoms with Gasteiger partial charge in [0.1, 0.15) is 6.54 Å². The van der Waals surface area contributed by atoms with Gasteiger partial charge in [0.2, 0.25) is 5.91 Å². The minimum atomic E-state index is -0.423. The average Bonchev–Trinajstić information content (AvgIpc) is 2.64. The van der Waals surface area contributed by atoms with Crippen LogP contribution in [0.1, 0.15) is 33.6 Å². The first-order chi connectivity index (χ1) is 7.97. The third-order valence-corrected chi connectivity index (χ3v) is 3.48. The first-order valence-corrected chi connectivity index (χ1v) is 6.09. The number of rotatable bonds is 4. The number of hydrogen-bond donors (Lipinski definition) is 1. The van der Waals surface area contributed by atoms with Gasteiger partial charge in [-0.2, -0.15) is 0 Å². The monoisotopic (exact) mass is 242 g/mol. The first kappa shape index (κ1) is 14.0. The van der Waals surface area contributed by atoms with E-state index in [0.717, 1.165) is 12.8 Å². The van der Waals surface area contributed by atoms with Crippen molar-refractivity contribution < 1.29 is 14.3 Å². The summed E-state index contributed by atoms with van der Waals surface area (Å²) in [5, 5.41) is 2.60. The van der Waals surface area contributed by atoms with Crippen LogP contribution in [0, 0.1) is 0 Å². The van der Waals surface area contributed by atoms with Crippen LogP contribution in [0.4, 0.5) is 0 Å². The predicted octanol–water partition coefficient (Wildman–Crippen LogP) is 0.537. The van der Waals surface area contributed by atoms with Crippen LogP contribution in [0.25, 0.3) is 0 Å². The van der Waals surface area contributed by atoms with Gasteiger partial charge in [-0.15, -0.1) is 0 Å². The highest BCUT2D eigenvalue weighted by Gasteiger charge is 2.34. The van der Waals surface area contributed by atoms with Crippen molar-refractivity contribution >= 4 is 11.9 Å². The maximum absolute atomic E-state index is 11.9. The van der Waals surface area contributed by atoms with E-state index in [9.17, 15) is 9.59 Å². The van der Waals surface area contributed by atoms with E-state index in [1.54, 1.807) is 0 Å². The molecule has 5 nitrogen and oxygen atoms in total. The van der Waals surface area contributed by atoms with E-state index in [1.165, 1.54) is 7.11 Å². The minimum absolute atomic E-state index is 0.0593. The van der Waals surface area contributed by atoms with E-state index < -0.39 is 5.97 Å². The van der Waals surface area contributed by atoms with Crippen molar-refractivity contribution in [1.29, 1.82) is 0 Å². The van der Waals surface area contributed by atoms with Crippen LogP contribution in [0.5, 0.6) is 0 Å². The number of methoxy groups -OCH3 is 1. The molecule has 3 unspecified atom stereocenters. The Labute approximate surface area is 102 Å². The molecule has 5 heteroatoms. The smallest absolute Gasteiger partial charge is 0.325 e. The van der Waals surface area contributed by atoms with E-state index >= 15 is 0 Å². The summed E-state index contributed by atoms with van der Waals surface area (Å²) in [5.41, 5.74) is 0. The van der Waals surface area contributed by atoms with Gasteiger partial charge in [-0.05, 0) is 33.6 Å². The first-order valence-electron chi connectivity index (χ1n) is 6.09. The number of ether oxygens (including phenoxy) is 1. The number of carbonyl (C=O) groups excluding carboxylic acids is 2. The molecule has 1 aliphatic heterocycles. The molecule has 1 N–H and O–H groups in total. The zero-order valence-electron chi connectivity index (χ0n) is 11.0. The van der Waals surface area contributed by atoms with Gasteiger partial charge in [0.25, 0.3) is 0 Å². The topological polar surface area (TPSA) is 58.6 Å². The van der Waals surface area contributed by atoms with Crippen LogP contribution in [0.3, 0.4) is 0 Å². The van der Waals surface area contributed by atoms with Crippen molar-refractivity contribution in [3.05, 3.63) is 0 Å². The minimum Gasteiger partial charge on any atom is -0.468 e. The molecule has 98 valence electrons. The summed E-state index contributed by atoms with van der Waals surface area (Å²) in [6.07, 6.45) is 2.24. The number of carbonyl (C=O) groups is 2. The van der Waals surface area contributed by atoms with Gasteiger partial charge in [-0.3, -0.25) is 14.5 Å². The molecule has 1 heterocycles. The maximum atomic E-state index is 11.9. The summed E-state index contributed by atoms with van der Waals surface area (Å²) in [6, 6.07) is 0.639. The quantitative estimate of drug-likeness (QED) is 0.731. The molecule has 0 aromatic carbocycles. The molecular formula is C12H22N2O3. The maximum Gasteiger partial charge on any atom is 0.325 e. The van der Waals surface area contributed by atoms with Gasteiger partial charge in [-0.25, -0.2) is 0 Å². The molecule has 1 amide bonds. The molecular weight excluding hydrogens is 220 g/mol. The SMILES string of the molecule is COC(=O)CNC(=O)C(C)N1C(C)CCC1C. The van der Waals surface area contributed by atoms with E-state index in [0.29, 0.717) is 12.1 Å². The van der Waals surface area contributed by atoms with Crippen LogP contribution in [0.15, 0.2) is 0 Å². The average molecular weight is 242 g/mol. The van der Waals surface area contributed by atoms with Crippen molar-refractivity contribution in [2.45, 2.75) is 51.7 Å². The normalized spacial score (nSPS) is 26.6. The van der Waals surface area contributed by atoms with Gasteiger partial charge < -0.3 is 10.1 Å². The third-order valence-electron chi connectivity index (χ3n) is 3.48. The van der Waals surface area contributed by atoms with Crippen LogP contribution in [-0.4, -0.2) is 48.6 Å². The Balaban J connectivity index is 2.48. The third kappa shape index (κ3) is 3.43. The number of likely N-dealkylation sites (tertiary alicyclic amines) is 1. The molecule has 1 saturated heterocycles. The summed E-state index contributed by atoms with van der Waals surface area (Å²) in [4.78, 5) is 25.0. The Morgan fingerprint density at radius 1 is 1.35 bits per heavy atom. The van der Waals surface area contributed by atoms with Crippen molar-refractivity contribution in [3.8, 4) is 0 Å². The van der Waals surface area contributed by atoms with E-state index in [1.807, 2.05) is 6.92 Å². The van der Waals surface area contributed by atoms with Crippen molar-refractivity contribution in [1.82, 2.24) is 10.2 Å². The molecule has 0 saturated carbocycles. The van der Waals surface area contributed by atoms with Gasteiger partial charge >= 0.3 is 5.97 Å². The fraction of sp³-hybridized carbons (Fsp3) is 0.833. The molecule has 0 aliphatic carbocycles. The molecule has 0 aromatic heterocycles. The van der Waals surface area contributed by atoms with Gasteiger partial charge in [-0.1, -0.05) is 0 Å². The highest BCUT2D eigenvalue weighted by Crippen LogP contribution is 2.25. The Kier molecular flexibility index (Phi) is 4.93. The Morgan fingerprint density at radius 3 is 2.35 bits per heavy atom. The van der Waals surface area contributed by atoms with Crippen LogP contribution in [0.2, 0.25) is 0 Å². The second-order valence-corrected chi connectivity index (χ2v) is 4.69. The number of amides is 1. The summed E-state index contributed by atoms with van der Waals surface area (Å²) in [5.74, 6) is -0.538. The predicted molar refractivity (Wildman–Crippen MR) is 64.5 cm³/mol. The molecule has 1 rings (SSSR count). The summed E-state index contributed by atoms with van der Waals surface area (Å²) >= 11 is 0. The molecule has 0 aromatic rings. The Bertz CT molecular complexity index is 283. The fourth-order valence-corrected chi connectivity index (χ4v) is 2.49. The lowest BCUT2D eigenvalue weighted by Crippen LogP contribution is -2.50. The summed E-state index contributed by atoms with van der Waals surface area (Å²) in [7, 11) is 1.31. The molecule has 0 radical (unpaired) electrons. The lowest BCUT2D eigenvalue weighted by molar-refractivity contribution is -0.141. The zero-order chi connectivity index (χ0) is 13.0. The number of nitrogens with zero attached hydrogens (tertiary/aromatic N) is 1. The summed E-state index contributed by atoms with van der Waals surface area (Å²) < 4.78 is 4.48. The van der Waals surface area contributed by atoms with Gasteiger partial charge in [0.15, 0.2) is 0 Å². The van der Waals surface area contributed by atoms with Crippen LogP contribution < -0.4 is 5.32 Å². The zero-order valence-corrected chi connectivity index (χ0v) is 11.0. The Morgan fingerprint density at radius 2 is 1.88 bits per heavy atom. The second kappa shape index (κ2) is 6.00. The second-order valence-electron chi connectivity index (χ2n) is 4.69. The molecule has 0 bridgehead atoms. The molecule has 3 atom stereocenters. The molecule has 0 spiro atoms. The van der Waals surface area contributed by atoms with Gasteiger partial charge in [0.05, 0.1) is 13.2 Å². The van der Waals surface area contributed by atoms with Crippen LogP contribution >= 0.6 is 0 Å². The van der Waals surface area contributed by atoms with Crippen LogP contribution in [-0.2, 0) is 14.3 Å². The number of esters is 1.